The first-order valence-electron chi connectivity index (χ1n) is 7.73. The summed E-state index contributed by atoms with van der Waals surface area (Å²) >= 11 is 3.63. The van der Waals surface area contributed by atoms with Crippen LogP contribution in [0.15, 0.2) is 36.5 Å². The van der Waals surface area contributed by atoms with Gasteiger partial charge in [-0.05, 0) is 30.0 Å². The number of esters is 1. The molecule has 0 aliphatic heterocycles. The maximum Gasteiger partial charge on any atom is 0.339 e. The average Bonchev–Trinajstić information content (AvgIpc) is 2.54. The van der Waals surface area contributed by atoms with Crippen molar-refractivity contribution in [3.63, 3.8) is 0 Å². The smallest absolute Gasteiger partial charge is 0.339 e. The summed E-state index contributed by atoms with van der Waals surface area (Å²) in [6.07, 6.45) is 1.45. The lowest BCUT2D eigenvalue weighted by atomic mass is 9.86. The van der Waals surface area contributed by atoms with Gasteiger partial charge in [0.25, 0.3) is 0 Å². The lowest BCUT2D eigenvalue weighted by Gasteiger charge is -2.22. The number of hydrogen-bond acceptors (Lipinski definition) is 4. The van der Waals surface area contributed by atoms with Gasteiger partial charge in [-0.15, -0.1) is 0 Å². The molecule has 1 aromatic carbocycles. The van der Waals surface area contributed by atoms with Crippen LogP contribution in [0.2, 0.25) is 0 Å². The fourth-order valence-electron chi connectivity index (χ4n) is 2.21. The predicted octanol–water partition coefficient (Wildman–Crippen LogP) is 5.41. The molecule has 24 heavy (non-hydrogen) atoms. The first-order valence-corrected chi connectivity index (χ1v) is 8.64. The minimum absolute atomic E-state index is 0.0651. The number of halogens is 1. The van der Waals surface area contributed by atoms with E-state index in [1.54, 1.807) is 12.1 Å². The monoisotopic (exact) mass is 391 g/mol. The molecule has 0 saturated heterocycles. The fraction of sp³-hybridized carbons (Fsp3) is 0.368. The van der Waals surface area contributed by atoms with E-state index in [4.69, 9.17) is 4.74 Å². The molecule has 0 aliphatic carbocycles. The van der Waals surface area contributed by atoms with Gasteiger partial charge < -0.3 is 9.47 Å². The van der Waals surface area contributed by atoms with E-state index in [-0.39, 0.29) is 10.2 Å². The molecule has 0 N–H and O–H groups in total. The molecule has 0 bridgehead atoms. The van der Waals surface area contributed by atoms with E-state index in [0.717, 1.165) is 11.3 Å². The van der Waals surface area contributed by atoms with Crippen LogP contribution in [0.3, 0.4) is 0 Å². The van der Waals surface area contributed by atoms with Crippen LogP contribution in [0.1, 0.15) is 54.0 Å². The van der Waals surface area contributed by atoms with Gasteiger partial charge in [-0.3, -0.25) is 0 Å². The molecule has 0 amide bonds. The average molecular weight is 392 g/mol. The number of benzene rings is 1. The SMILES string of the molecule is COC(=O)c1ccc(Oc2ccc(C(C)(C)C)cc2C(C)Br)nc1. The molecule has 1 aromatic heterocycles. The summed E-state index contributed by atoms with van der Waals surface area (Å²) in [5.74, 6) is 0.754. The lowest BCUT2D eigenvalue weighted by Crippen LogP contribution is -2.11. The Morgan fingerprint density at radius 2 is 1.92 bits per heavy atom. The molecule has 0 saturated carbocycles. The standard InChI is InChI=1S/C19H22BrNO3/c1-12(20)15-10-14(19(2,3)4)7-8-16(15)24-17-9-6-13(11-21-17)18(22)23-5/h6-12H,1-5H3. The van der Waals surface area contributed by atoms with Gasteiger partial charge in [0.2, 0.25) is 5.88 Å². The van der Waals surface area contributed by atoms with Crippen LogP contribution >= 0.6 is 15.9 Å². The number of rotatable bonds is 4. The molecule has 0 radical (unpaired) electrons. The van der Waals surface area contributed by atoms with E-state index in [9.17, 15) is 4.79 Å². The third-order valence-corrected chi connectivity index (χ3v) is 4.17. The molecule has 2 rings (SSSR count). The van der Waals surface area contributed by atoms with Gasteiger partial charge in [-0.25, -0.2) is 9.78 Å². The Kier molecular flexibility index (Phi) is 5.65. The van der Waals surface area contributed by atoms with Crippen LogP contribution in [0.5, 0.6) is 11.6 Å². The van der Waals surface area contributed by atoms with Crippen LogP contribution in [-0.2, 0) is 10.2 Å². The molecule has 0 aliphatic rings. The second-order valence-corrected chi connectivity index (χ2v) is 7.97. The second-order valence-electron chi connectivity index (χ2n) is 6.60. The van der Waals surface area contributed by atoms with E-state index < -0.39 is 5.97 Å². The van der Waals surface area contributed by atoms with Gasteiger partial charge in [0.05, 0.1) is 12.7 Å². The largest absolute Gasteiger partial charge is 0.465 e. The summed E-state index contributed by atoms with van der Waals surface area (Å²) in [4.78, 5) is 15.8. The molecule has 5 heteroatoms. The molecule has 1 atom stereocenters. The maximum atomic E-state index is 11.4. The van der Waals surface area contributed by atoms with Crippen molar-refractivity contribution in [1.82, 2.24) is 4.98 Å². The lowest BCUT2D eigenvalue weighted by molar-refractivity contribution is 0.0600. The van der Waals surface area contributed by atoms with E-state index in [1.165, 1.54) is 18.9 Å². The third-order valence-electron chi connectivity index (χ3n) is 3.68. The van der Waals surface area contributed by atoms with Crippen LogP contribution in [0.25, 0.3) is 0 Å². The topological polar surface area (TPSA) is 48.4 Å². The Hall–Kier alpha value is -1.88. The number of hydrogen-bond donors (Lipinski definition) is 0. The molecular weight excluding hydrogens is 370 g/mol. The molecule has 0 spiro atoms. The number of alkyl halides is 1. The minimum atomic E-state index is -0.418. The number of aromatic nitrogens is 1. The van der Waals surface area contributed by atoms with Crippen molar-refractivity contribution in [2.45, 2.75) is 37.9 Å². The Morgan fingerprint density at radius 1 is 1.21 bits per heavy atom. The van der Waals surface area contributed by atoms with Gasteiger partial charge in [0.15, 0.2) is 0 Å². The van der Waals surface area contributed by atoms with Gasteiger partial charge in [-0.1, -0.05) is 48.8 Å². The zero-order chi connectivity index (χ0) is 17.9. The highest BCUT2D eigenvalue weighted by molar-refractivity contribution is 9.09. The molecule has 2 aromatic rings. The fourth-order valence-corrected chi connectivity index (χ4v) is 2.57. The molecule has 0 fully saturated rings. The first kappa shape index (κ1) is 18.5. The van der Waals surface area contributed by atoms with Crippen LogP contribution in [0, 0.1) is 0 Å². The van der Waals surface area contributed by atoms with Crippen molar-refractivity contribution >= 4 is 21.9 Å². The highest BCUT2D eigenvalue weighted by Crippen LogP contribution is 2.36. The van der Waals surface area contributed by atoms with Crippen LogP contribution < -0.4 is 4.74 Å². The molecule has 1 unspecified atom stereocenters. The number of ether oxygens (including phenoxy) is 2. The van der Waals surface area contributed by atoms with Crippen molar-refractivity contribution in [3.05, 3.63) is 53.2 Å². The zero-order valence-electron chi connectivity index (χ0n) is 14.6. The first-order chi connectivity index (χ1) is 11.2. The van der Waals surface area contributed by atoms with E-state index >= 15 is 0 Å². The number of methoxy groups -OCH3 is 1. The quantitative estimate of drug-likeness (QED) is 0.515. The Bertz CT molecular complexity index is 718. The summed E-state index contributed by atoms with van der Waals surface area (Å²) in [5, 5.41) is 0. The Balaban J connectivity index is 2.30. The molecule has 1 heterocycles. The summed E-state index contributed by atoms with van der Waals surface area (Å²) in [5.41, 5.74) is 2.75. The third kappa shape index (κ3) is 4.35. The highest BCUT2D eigenvalue weighted by atomic mass is 79.9. The van der Waals surface area contributed by atoms with Gasteiger partial charge >= 0.3 is 5.97 Å². The summed E-state index contributed by atoms with van der Waals surface area (Å²) in [6.45, 7) is 8.60. The zero-order valence-corrected chi connectivity index (χ0v) is 16.2. The maximum absolute atomic E-state index is 11.4. The van der Waals surface area contributed by atoms with Crippen molar-refractivity contribution in [1.29, 1.82) is 0 Å². The van der Waals surface area contributed by atoms with E-state index in [1.807, 2.05) is 6.07 Å². The Labute approximate surface area is 151 Å². The molecule has 4 nitrogen and oxygen atoms in total. The predicted molar refractivity (Wildman–Crippen MR) is 98.1 cm³/mol. The summed E-state index contributed by atoms with van der Waals surface area (Å²) in [7, 11) is 1.34. The van der Waals surface area contributed by atoms with E-state index in [0.29, 0.717) is 11.4 Å². The number of carbonyl (C=O) groups excluding carboxylic acids is 1. The van der Waals surface area contributed by atoms with Gasteiger partial charge in [0, 0.05) is 22.7 Å². The number of pyridine rings is 1. The van der Waals surface area contributed by atoms with Gasteiger partial charge in [0.1, 0.15) is 5.75 Å². The highest BCUT2D eigenvalue weighted by Gasteiger charge is 2.18. The summed E-state index contributed by atoms with van der Waals surface area (Å²) < 4.78 is 10.6. The van der Waals surface area contributed by atoms with Crippen LogP contribution in [-0.4, -0.2) is 18.1 Å². The van der Waals surface area contributed by atoms with Crippen molar-refractivity contribution in [2.75, 3.05) is 7.11 Å². The van der Waals surface area contributed by atoms with Crippen LogP contribution in [0.4, 0.5) is 0 Å². The normalized spacial score (nSPS) is 12.6. The van der Waals surface area contributed by atoms with E-state index in [2.05, 4.69) is 65.5 Å². The van der Waals surface area contributed by atoms with Gasteiger partial charge in [-0.2, -0.15) is 0 Å². The number of carbonyl (C=O) groups is 1. The molecule has 128 valence electrons. The molecular formula is C19H22BrNO3. The van der Waals surface area contributed by atoms with Crippen molar-refractivity contribution < 1.29 is 14.3 Å². The van der Waals surface area contributed by atoms with Crippen molar-refractivity contribution in [3.8, 4) is 11.6 Å². The number of nitrogens with zero attached hydrogens (tertiary/aromatic N) is 1. The second kappa shape index (κ2) is 7.34. The Morgan fingerprint density at radius 3 is 2.42 bits per heavy atom. The van der Waals surface area contributed by atoms with Crippen molar-refractivity contribution in [2.24, 2.45) is 0 Å². The minimum Gasteiger partial charge on any atom is -0.465 e. The summed E-state index contributed by atoms with van der Waals surface area (Å²) in [6, 6.07) is 9.47.